The van der Waals surface area contributed by atoms with Gasteiger partial charge in [-0.05, 0) is 42.0 Å². The summed E-state index contributed by atoms with van der Waals surface area (Å²) in [5.74, 6) is 2.02. The molecule has 1 N–H and O–H groups in total. The van der Waals surface area contributed by atoms with Crippen LogP contribution in [-0.2, 0) is 17.8 Å². The molecule has 24 heavy (non-hydrogen) atoms. The fourth-order valence-electron chi connectivity index (χ4n) is 2.76. The molecule has 0 spiro atoms. The lowest BCUT2D eigenvalue weighted by molar-refractivity contribution is -0.127. The van der Waals surface area contributed by atoms with E-state index in [0.29, 0.717) is 24.8 Å². The Hall–Kier alpha value is -2.56. The molecule has 0 radical (unpaired) electrons. The van der Waals surface area contributed by atoms with E-state index in [-0.39, 0.29) is 5.91 Å². The van der Waals surface area contributed by atoms with Crippen molar-refractivity contribution in [2.24, 2.45) is 5.92 Å². The molecule has 1 aromatic carbocycles. The summed E-state index contributed by atoms with van der Waals surface area (Å²) in [4.78, 5) is 16.5. The minimum atomic E-state index is -0.449. The molecule has 1 saturated carbocycles. The Morgan fingerprint density at radius 3 is 3.00 bits per heavy atom. The Kier molecular flexibility index (Phi) is 4.07. The summed E-state index contributed by atoms with van der Waals surface area (Å²) in [6, 6.07) is 11.5. The summed E-state index contributed by atoms with van der Waals surface area (Å²) in [7, 11) is 0. The molecule has 5 nitrogen and oxygen atoms in total. The van der Waals surface area contributed by atoms with Crippen LogP contribution in [-0.4, -0.2) is 23.6 Å². The van der Waals surface area contributed by atoms with Gasteiger partial charge in [0.2, 0.25) is 5.88 Å². The zero-order chi connectivity index (χ0) is 16.4. The van der Waals surface area contributed by atoms with Gasteiger partial charge in [-0.15, -0.1) is 0 Å². The van der Waals surface area contributed by atoms with Gasteiger partial charge in [-0.1, -0.05) is 18.2 Å². The number of benzene rings is 1. The fourth-order valence-corrected chi connectivity index (χ4v) is 2.76. The first-order valence-corrected chi connectivity index (χ1v) is 8.38. The lowest BCUT2D eigenvalue weighted by Crippen LogP contribution is -2.37. The minimum absolute atomic E-state index is 0.0940. The number of ether oxygens (including phenoxy) is 2. The number of amides is 1. The number of para-hydroxylation sites is 1. The lowest BCUT2D eigenvalue weighted by Gasteiger charge is -2.12. The van der Waals surface area contributed by atoms with Crippen LogP contribution >= 0.6 is 0 Å². The number of fused-ring (bicyclic) bond motifs is 1. The van der Waals surface area contributed by atoms with Crippen molar-refractivity contribution in [2.45, 2.75) is 31.9 Å². The SMILES string of the molecule is O=C(NCc1ccnc(OCC2CC2)c1)[C@H]1Cc2ccccc2O1. The molecular formula is C19H20N2O3. The third kappa shape index (κ3) is 3.50. The van der Waals surface area contributed by atoms with Gasteiger partial charge in [0, 0.05) is 25.2 Å². The van der Waals surface area contributed by atoms with Crippen LogP contribution in [0.15, 0.2) is 42.6 Å². The first-order chi connectivity index (χ1) is 11.8. The van der Waals surface area contributed by atoms with Crippen LogP contribution in [0.2, 0.25) is 0 Å². The maximum atomic E-state index is 12.3. The van der Waals surface area contributed by atoms with E-state index in [1.54, 1.807) is 6.20 Å². The highest BCUT2D eigenvalue weighted by atomic mass is 16.5. The van der Waals surface area contributed by atoms with Crippen molar-refractivity contribution < 1.29 is 14.3 Å². The number of hydrogen-bond acceptors (Lipinski definition) is 4. The zero-order valence-corrected chi connectivity index (χ0v) is 13.4. The molecule has 2 aromatic rings. The van der Waals surface area contributed by atoms with Crippen LogP contribution < -0.4 is 14.8 Å². The van der Waals surface area contributed by atoms with Crippen molar-refractivity contribution in [3.05, 3.63) is 53.7 Å². The number of carbonyl (C=O) groups is 1. The molecule has 2 heterocycles. The van der Waals surface area contributed by atoms with E-state index in [0.717, 1.165) is 23.5 Å². The summed E-state index contributed by atoms with van der Waals surface area (Å²) in [6.45, 7) is 1.17. The van der Waals surface area contributed by atoms with Crippen LogP contribution in [0.1, 0.15) is 24.0 Å². The van der Waals surface area contributed by atoms with E-state index in [1.807, 2.05) is 36.4 Å². The summed E-state index contributed by atoms with van der Waals surface area (Å²) in [5.41, 5.74) is 2.05. The predicted molar refractivity (Wildman–Crippen MR) is 88.9 cm³/mol. The van der Waals surface area contributed by atoms with Gasteiger partial charge < -0.3 is 14.8 Å². The number of nitrogens with one attached hydrogen (secondary N) is 1. The molecule has 1 aromatic heterocycles. The van der Waals surface area contributed by atoms with Crippen molar-refractivity contribution in [1.29, 1.82) is 0 Å². The molecule has 124 valence electrons. The number of nitrogens with zero attached hydrogens (tertiary/aromatic N) is 1. The van der Waals surface area contributed by atoms with Gasteiger partial charge in [-0.2, -0.15) is 0 Å². The van der Waals surface area contributed by atoms with Crippen LogP contribution in [0, 0.1) is 5.92 Å². The smallest absolute Gasteiger partial charge is 0.261 e. The first kappa shape index (κ1) is 15.0. The highest BCUT2D eigenvalue weighted by Gasteiger charge is 2.28. The van der Waals surface area contributed by atoms with E-state index < -0.39 is 6.10 Å². The maximum Gasteiger partial charge on any atom is 0.261 e. The van der Waals surface area contributed by atoms with Crippen LogP contribution in [0.4, 0.5) is 0 Å². The third-order valence-electron chi connectivity index (χ3n) is 4.37. The van der Waals surface area contributed by atoms with Crippen molar-refractivity contribution in [3.8, 4) is 11.6 Å². The molecule has 1 fully saturated rings. The summed E-state index contributed by atoms with van der Waals surface area (Å²) in [6.07, 6.45) is 4.38. The molecule has 0 unspecified atom stereocenters. The Morgan fingerprint density at radius 2 is 2.17 bits per heavy atom. The topological polar surface area (TPSA) is 60.5 Å². The maximum absolute atomic E-state index is 12.3. The number of aromatic nitrogens is 1. The van der Waals surface area contributed by atoms with Crippen molar-refractivity contribution in [2.75, 3.05) is 6.61 Å². The molecule has 0 saturated heterocycles. The van der Waals surface area contributed by atoms with Crippen molar-refractivity contribution in [3.63, 3.8) is 0 Å². The highest BCUT2D eigenvalue weighted by Crippen LogP contribution is 2.29. The fraction of sp³-hybridized carbons (Fsp3) is 0.368. The quantitative estimate of drug-likeness (QED) is 0.887. The molecule has 1 aliphatic carbocycles. The summed E-state index contributed by atoms with van der Waals surface area (Å²) in [5, 5.41) is 2.93. The van der Waals surface area contributed by atoms with E-state index in [1.165, 1.54) is 12.8 Å². The van der Waals surface area contributed by atoms with E-state index in [2.05, 4.69) is 10.3 Å². The normalized spacial score (nSPS) is 18.6. The third-order valence-corrected chi connectivity index (χ3v) is 4.37. The average molecular weight is 324 g/mol. The molecule has 1 atom stereocenters. The monoisotopic (exact) mass is 324 g/mol. The van der Waals surface area contributed by atoms with Crippen molar-refractivity contribution in [1.82, 2.24) is 10.3 Å². The second-order valence-corrected chi connectivity index (χ2v) is 6.39. The van der Waals surface area contributed by atoms with E-state index in [9.17, 15) is 4.79 Å². The minimum Gasteiger partial charge on any atom is -0.480 e. The second kappa shape index (κ2) is 6.51. The van der Waals surface area contributed by atoms with Gasteiger partial charge >= 0.3 is 0 Å². The van der Waals surface area contributed by atoms with E-state index in [4.69, 9.17) is 9.47 Å². The molecule has 4 rings (SSSR count). The van der Waals surface area contributed by atoms with Crippen LogP contribution in [0.25, 0.3) is 0 Å². The number of pyridine rings is 1. The molecular weight excluding hydrogens is 304 g/mol. The molecule has 5 heteroatoms. The van der Waals surface area contributed by atoms with Gasteiger partial charge in [0.05, 0.1) is 6.61 Å². The van der Waals surface area contributed by atoms with Crippen molar-refractivity contribution >= 4 is 5.91 Å². The van der Waals surface area contributed by atoms with Gasteiger partial charge in [0.1, 0.15) is 5.75 Å². The van der Waals surface area contributed by atoms with Gasteiger partial charge in [-0.3, -0.25) is 4.79 Å². The molecule has 1 amide bonds. The van der Waals surface area contributed by atoms with Crippen LogP contribution in [0.5, 0.6) is 11.6 Å². The first-order valence-electron chi connectivity index (χ1n) is 8.38. The summed E-state index contributed by atoms with van der Waals surface area (Å²) >= 11 is 0. The number of carbonyl (C=O) groups excluding carboxylic acids is 1. The molecule has 0 bridgehead atoms. The predicted octanol–water partition coefficient (Wildman–Crippen LogP) is 2.49. The zero-order valence-electron chi connectivity index (χ0n) is 13.4. The Labute approximate surface area is 141 Å². The Bertz CT molecular complexity index is 718. The largest absolute Gasteiger partial charge is 0.480 e. The van der Waals surface area contributed by atoms with E-state index >= 15 is 0 Å². The molecule has 1 aliphatic heterocycles. The average Bonchev–Trinajstić information content (AvgIpc) is 3.34. The Balaban J connectivity index is 1.30. The standard InChI is InChI=1S/C19H20N2O3/c22-19(17-10-15-3-1-2-4-16(15)24-17)21-11-14-7-8-20-18(9-14)23-12-13-5-6-13/h1-4,7-9,13,17H,5-6,10-12H2,(H,21,22)/t17-/m1/s1. The van der Waals surface area contributed by atoms with Crippen LogP contribution in [0.3, 0.4) is 0 Å². The second-order valence-electron chi connectivity index (χ2n) is 6.39. The van der Waals surface area contributed by atoms with Gasteiger partial charge in [0.15, 0.2) is 6.10 Å². The van der Waals surface area contributed by atoms with Gasteiger partial charge in [-0.25, -0.2) is 4.98 Å². The number of rotatable bonds is 6. The molecule has 2 aliphatic rings. The highest BCUT2D eigenvalue weighted by molar-refractivity contribution is 5.82. The Morgan fingerprint density at radius 1 is 1.29 bits per heavy atom. The summed E-state index contributed by atoms with van der Waals surface area (Å²) < 4.78 is 11.4. The lowest BCUT2D eigenvalue weighted by atomic mass is 10.1. The van der Waals surface area contributed by atoms with Gasteiger partial charge in [0.25, 0.3) is 5.91 Å². The number of hydrogen-bond donors (Lipinski definition) is 1.